The van der Waals surface area contributed by atoms with Crippen LogP contribution in [0.5, 0.6) is 0 Å². The minimum Gasteiger partial charge on any atom is -0.464 e. The third-order valence-electron chi connectivity index (χ3n) is 6.38. The highest BCUT2D eigenvalue weighted by atomic mass is 32.2. The van der Waals surface area contributed by atoms with Gasteiger partial charge in [-0.1, -0.05) is 47.5 Å². The first-order valence-electron chi connectivity index (χ1n) is 10.3. The van der Waals surface area contributed by atoms with Crippen LogP contribution in [0.1, 0.15) is 59.3 Å². The van der Waals surface area contributed by atoms with Crippen molar-refractivity contribution in [1.82, 2.24) is 0 Å². The van der Waals surface area contributed by atoms with Crippen LogP contribution < -0.4 is 5.43 Å². The second-order valence-electron chi connectivity index (χ2n) is 8.71. The van der Waals surface area contributed by atoms with E-state index in [4.69, 9.17) is 4.42 Å². The molecule has 2 fully saturated rings. The molecule has 0 N–H and O–H groups in total. The van der Waals surface area contributed by atoms with E-state index < -0.39 is 14.6 Å². The molecule has 1 aromatic heterocycles. The number of benzene rings is 2. The highest BCUT2D eigenvalue weighted by molar-refractivity contribution is 7.92. The zero-order chi connectivity index (χ0) is 21.1. The highest BCUT2D eigenvalue weighted by Crippen LogP contribution is 2.65. The fourth-order valence-corrected chi connectivity index (χ4v) is 6.51. The largest absolute Gasteiger partial charge is 0.464 e. The van der Waals surface area contributed by atoms with Crippen molar-refractivity contribution in [1.29, 1.82) is 0 Å². The van der Waals surface area contributed by atoms with Gasteiger partial charge in [0.15, 0.2) is 15.3 Å². The smallest absolute Gasteiger partial charge is 0.191 e. The van der Waals surface area contributed by atoms with Gasteiger partial charge in [0, 0.05) is 24.0 Å². The first-order chi connectivity index (χ1) is 14.3. The Hall–Kier alpha value is -2.66. The molecule has 0 bridgehead atoms. The van der Waals surface area contributed by atoms with Crippen LogP contribution in [0.15, 0.2) is 74.8 Å². The molecule has 3 aromatic rings. The highest BCUT2D eigenvalue weighted by Gasteiger charge is 2.67. The zero-order valence-electron chi connectivity index (χ0n) is 17.1. The van der Waals surface area contributed by atoms with Gasteiger partial charge in [0.05, 0.1) is 4.90 Å². The van der Waals surface area contributed by atoms with Gasteiger partial charge in [0.25, 0.3) is 0 Å². The van der Waals surface area contributed by atoms with Gasteiger partial charge in [-0.05, 0) is 50.8 Å². The number of hydrogen-bond acceptors (Lipinski definition) is 4. The van der Waals surface area contributed by atoms with Crippen LogP contribution in [0.3, 0.4) is 0 Å². The molecule has 154 valence electrons. The first kappa shape index (κ1) is 19.3. The predicted octanol–water partition coefficient (Wildman–Crippen LogP) is 4.99. The summed E-state index contributed by atoms with van der Waals surface area (Å²) < 4.78 is 32.7. The summed E-state index contributed by atoms with van der Waals surface area (Å²) in [5.41, 5.74) is 2.88. The van der Waals surface area contributed by atoms with E-state index in [1.54, 1.807) is 24.3 Å². The van der Waals surface area contributed by atoms with Crippen molar-refractivity contribution in [3.8, 4) is 0 Å². The molecule has 2 aromatic carbocycles. The van der Waals surface area contributed by atoms with Crippen molar-refractivity contribution in [3.63, 3.8) is 0 Å². The van der Waals surface area contributed by atoms with Gasteiger partial charge in [-0.2, -0.15) is 0 Å². The molecule has 0 unspecified atom stereocenters. The van der Waals surface area contributed by atoms with Crippen LogP contribution in [-0.4, -0.2) is 8.42 Å². The normalized spacial score (nSPS) is 23.3. The summed E-state index contributed by atoms with van der Waals surface area (Å²) >= 11 is 0. The molecule has 4 nitrogen and oxygen atoms in total. The van der Waals surface area contributed by atoms with Crippen LogP contribution in [0.2, 0.25) is 0 Å². The quantitative estimate of drug-likeness (QED) is 0.583. The molecule has 1 heterocycles. The zero-order valence-corrected chi connectivity index (χ0v) is 17.9. The van der Waals surface area contributed by atoms with Gasteiger partial charge in [0.1, 0.15) is 16.3 Å². The Kier molecular flexibility index (Phi) is 4.30. The SMILES string of the molecule is Cc1ccc([C@@H]2C[C@@]2(c2cc(=O)cc(C3CC3)o2)S(=O)(=O)c2ccc(C)cc2)cc1. The Morgan fingerprint density at radius 2 is 1.50 bits per heavy atom. The molecule has 2 aliphatic carbocycles. The Morgan fingerprint density at radius 3 is 2.10 bits per heavy atom. The average molecular weight is 421 g/mol. The van der Waals surface area contributed by atoms with Crippen LogP contribution in [0, 0.1) is 13.8 Å². The molecule has 0 saturated heterocycles. The minimum atomic E-state index is -3.78. The third kappa shape index (κ3) is 3.03. The minimum absolute atomic E-state index is 0.189. The standard InChI is InChI=1S/C25H24O4S/c1-16-3-7-18(8-4-16)22-15-25(22,30(27,28)21-11-5-17(2)6-12-21)24-14-20(26)13-23(29-24)19-9-10-19/h3-8,11-14,19,22H,9-10,15H2,1-2H3/t22-,25+/m0/s1. The molecule has 0 radical (unpaired) electrons. The Balaban J connectivity index is 1.69. The summed E-state index contributed by atoms with van der Waals surface area (Å²) in [6, 6.07) is 17.8. The molecule has 2 atom stereocenters. The van der Waals surface area contributed by atoms with Crippen molar-refractivity contribution >= 4 is 9.84 Å². The second kappa shape index (κ2) is 6.67. The van der Waals surface area contributed by atoms with Crippen LogP contribution in [0.4, 0.5) is 0 Å². The fraction of sp³-hybridized carbons (Fsp3) is 0.320. The Bertz CT molecular complexity index is 1270. The summed E-state index contributed by atoms with van der Waals surface area (Å²) in [6.07, 6.45) is 2.36. The topological polar surface area (TPSA) is 64.3 Å². The lowest BCUT2D eigenvalue weighted by atomic mass is 10.1. The molecule has 2 aliphatic rings. The molecular formula is C25H24O4S. The molecule has 30 heavy (non-hydrogen) atoms. The Morgan fingerprint density at radius 1 is 0.900 bits per heavy atom. The van der Waals surface area contributed by atoms with E-state index in [-0.39, 0.29) is 27.9 Å². The van der Waals surface area contributed by atoms with Crippen LogP contribution >= 0.6 is 0 Å². The number of rotatable bonds is 5. The van der Waals surface area contributed by atoms with E-state index in [1.165, 1.54) is 12.1 Å². The van der Waals surface area contributed by atoms with E-state index in [0.717, 1.165) is 29.5 Å². The van der Waals surface area contributed by atoms with Crippen molar-refractivity contribution in [2.75, 3.05) is 0 Å². The second-order valence-corrected chi connectivity index (χ2v) is 10.9. The van der Waals surface area contributed by atoms with Gasteiger partial charge in [-0.3, -0.25) is 4.79 Å². The van der Waals surface area contributed by atoms with E-state index in [9.17, 15) is 13.2 Å². The summed E-state index contributed by atoms with van der Waals surface area (Å²) in [5.74, 6) is 0.879. The lowest BCUT2D eigenvalue weighted by molar-refractivity contribution is 0.428. The van der Waals surface area contributed by atoms with E-state index in [1.807, 2.05) is 38.1 Å². The summed E-state index contributed by atoms with van der Waals surface area (Å²) in [4.78, 5) is 12.7. The molecule has 0 spiro atoms. The molecule has 0 amide bonds. The van der Waals surface area contributed by atoms with Gasteiger partial charge in [-0.25, -0.2) is 8.42 Å². The van der Waals surface area contributed by atoms with Gasteiger partial charge < -0.3 is 4.42 Å². The van der Waals surface area contributed by atoms with Gasteiger partial charge in [0.2, 0.25) is 0 Å². The fourth-order valence-electron chi connectivity index (χ4n) is 4.33. The lowest BCUT2D eigenvalue weighted by Crippen LogP contribution is -2.25. The Labute approximate surface area is 176 Å². The summed E-state index contributed by atoms with van der Waals surface area (Å²) in [7, 11) is -3.78. The number of sulfone groups is 1. The lowest BCUT2D eigenvalue weighted by Gasteiger charge is -2.19. The number of hydrogen-bond donors (Lipinski definition) is 0. The first-order valence-corrected chi connectivity index (χ1v) is 11.8. The van der Waals surface area contributed by atoms with Crippen molar-refractivity contribution < 1.29 is 12.8 Å². The van der Waals surface area contributed by atoms with Gasteiger partial charge in [-0.15, -0.1) is 0 Å². The van der Waals surface area contributed by atoms with Crippen LogP contribution in [-0.2, 0) is 14.6 Å². The van der Waals surface area contributed by atoms with E-state index >= 15 is 0 Å². The molecule has 2 saturated carbocycles. The van der Waals surface area contributed by atoms with Crippen molar-refractivity contribution in [2.45, 2.75) is 54.6 Å². The monoisotopic (exact) mass is 420 g/mol. The van der Waals surface area contributed by atoms with E-state index in [0.29, 0.717) is 12.2 Å². The van der Waals surface area contributed by atoms with Gasteiger partial charge >= 0.3 is 0 Å². The maximum Gasteiger partial charge on any atom is 0.191 e. The number of aryl methyl sites for hydroxylation is 2. The molecular weight excluding hydrogens is 396 g/mol. The van der Waals surface area contributed by atoms with Crippen LogP contribution in [0.25, 0.3) is 0 Å². The summed E-state index contributed by atoms with van der Waals surface area (Å²) in [5, 5.41) is 0. The van der Waals surface area contributed by atoms with E-state index in [2.05, 4.69) is 0 Å². The summed E-state index contributed by atoms with van der Waals surface area (Å²) in [6.45, 7) is 3.93. The average Bonchev–Trinajstić information content (AvgIpc) is 3.62. The molecule has 5 heteroatoms. The molecule has 5 rings (SSSR count). The third-order valence-corrected chi connectivity index (χ3v) is 8.89. The maximum absolute atomic E-state index is 13.9. The molecule has 0 aliphatic heterocycles. The van der Waals surface area contributed by atoms with Crippen molar-refractivity contribution in [3.05, 3.63) is 99.1 Å². The maximum atomic E-state index is 13.9. The van der Waals surface area contributed by atoms with Crippen molar-refractivity contribution in [2.24, 2.45) is 0 Å². The predicted molar refractivity (Wildman–Crippen MR) is 116 cm³/mol.